The smallest absolute Gasteiger partial charge is 0.481 e. The van der Waals surface area contributed by atoms with E-state index in [1.807, 2.05) is 0 Å². The van der Waals surface area contributed by atoms with Crippen molar-refractivity contribution in [2.75, 3.05) is 25.4 Å². The van der Waals surface area contributed by atoms with Crippen LogP contribution in [0, 0.1) is 5.41 Å². The average Bonchev–Trinajstić information content (AvgIpc) is 2.58. The van der Waals surface area contributed by atoms with Gasteiger partial charge in [-0.3, -0.25) is 19.2 Å². The Morgan fingerprint density at radius 2 is 1.85 bits per heavy atom. The van der Waals surface area contributed by atoms with E-state index in [1.54, 1.807) is 13.8 Å². The summed E-state index contributed by atoms with van der Waals surface area (Å²) in [5.74, 6) is -1.50. The van der Waals surface area contributed by atoms with Crippen LogP contribution in [0.25, 0.3) is 0 Å². The number of hydrogen-bond acceptors (Lipinski definition) is 8. The first-order valence-electron chi connectivity index (χ1n) is 8.37. The van der Waals surface area contributed by atoms with E-state index in [1.165, 1.54) is 0 Å². The molecule has 1 heterocycles. The van der Waals surface area contributed by atoms with Crippen LogP contribution < -0.4 is 10.6 Å². The molecule has 10 nitrogen and oxygen atoms in total. The standard InChI is InChI=1S/C16H24N2O8S/c1-16(2)9-25-15(24)26-13(16)14(23)18-6-5-10(19)17-7-8-27-12(22)4-3-11(20)21/h13H,3-9H2,1-2H3,(H,17,19)(H,18,23)(H,20,21)/t13-/m0/s1. The largest absolute Gasteiger partial charge is 0.509 e. The number of carbonyl (C=O) groups is 5. The highest BCUT2D eigenvalue weighted by atomic mass is 32.2. The van der Waals surface area contributed by atoms with Gasteiger partial charge in [-0.1, -0.05) is 25.6 Å². The minimum absolute atomic E-state index is 0.0287. The van der Waals surface area contributed by atoms with Crippen molar-refractivity contribution in [2.45, 2.75) is 39.2 Å². The molecule has 0 aromatic rings. The molecule has 11 heteroatoms. The van der Waals surface area contributed by atoms with Crippen LogP contribution in [0.4, 0.5) is 4.79 Å². The number of carboxylic acid groups (broad SMARTS) is 1. The summed E-state index contributed by atoms with van der Waals surface area (Å²) < 4.78 is 9.67. The maximum absolute atomic E-state index is 12.1. The highest BCUT2D eigenvalue weighted by Crippen LogP contribution is 2.28. The second-order valence-corrected chi connectivity index (χ2v) is 7.68. The summed E-state index contributed by atoms with van der Waals surface area (Å²) >= 11 is 0.961. The normalized spacial score (nSPS) is 18.0. The predicted molar refractivity (Wildman–Crippen MR) is 95.0 cm³/mol. The zero-order chi connectivity index (χ0) is 20.4. The Hall–Kier alpha value is -2.30. The van der Waals surface area contributed by atoms with Crippen molar-refractivity contribution in [3.63, 3.8) is 0 Å². The van der Waals surface area contributed by atoms with Gasteiger partial charge in [0.15, 0.2) is 11.2 Å². The third kappa shape index (κ3) is 8.76. The molecule has 1 fully saturated rings. The van der Waals surface area contributed by atoms with Gasteiger partial charge in [0.1, 0.15) is 6.61 Å². The van der Waals surface area contributed by atoms with E-state index in [9.17, 15) is 24.0 Å². The SMILES string of the molecule is CC1(C)COC(=O)O[C@H]1C(=O)NCCC(=O)NCCSC(=O)CCC(=O)O. The molecule has 1 atom stereocenters. The molecule has 0 bridgehead atoms. The number of ether oxygens (including phenoxy) is 2. The van der Waals surface area contributed by atoms with Crippen LogP contribution in [-0.2, 0) is 28.7 Å². The van der Waals surface area contributed by atoms with E-state index in [2.05, 4.69) is 10.6 Å². The molecule has 1 rings (SSSR count). The van der Waals surface area contributed by atoms with Gasteiger partial charge in [-0.05, 0) is 0 Å². The first kappa shape index (κ1) is 22.7. The summed E-state index contributed by atoms with van der Waals surface area (Å²) in [6.07, 6.45) is -2.12. The summed E-state index contributed by atoms with van der Waals surface area (Å²) in [5, 5.41) is 13.4. The number of aliphatic carboxylic acids is 1. The Kier molecular flexibility index (Phi) is 9.06. The van der Waals surface area contributed by atoms with Gasteiger partial charge < -0.3 is 25.2 Å². The van der Waals surface area contributed by atoms with E-state index in [0.29, 0.717) is 5.75 Å². The lowest BCUT2D eigenvalue weighted by Crippen LogP contribution is -2.52. The lowest BCUT2D eigenvalue weighted by molar-refractivity contribution is -0.149. The lowest BCUT2D eigenvalue weighted by atomic mass is 9.86. The molecule has 0 radical (unpaired) electrons. The fraction of sp³-hybridized carbons (Fsp3) is 0.688. The summed E-state index contributed by atoms with van der Waals surface area (Å²) in [5.41, 5.74) is -0.676. The van der Waals surface area contributed by atoms with Crippen molar-refractivity contribution in [1.29, 1.82) is 0 Å². The molecule has 1 aliphatic heterocycles. The van der Waals surface area contributed by atoms with Crippen molar-refractivity contribution >= 4 is 40.8 Å². The molecule has 0 unspecified atom stereocenters. The zero-order valence-electron chi connectivity index (χ0n) is 15.2. The number of cyclic esters (lactones) is 2. The van der Waals surface area contributed by atoms with Crippen LogP contribution in [-0.4, -0.2) is 65.7 Å². The van der Waals surface area contributed by atoms with Gasteiger partial charge >= 0.3 is 12.1 Å². The van der Waals surface area contributed by atoms with Gasteiger partial charge in [0.05, 0.1) is 6.42 Å². The second kappa shape index (κ2) is 10.8. The molecule has 0 aliphatic carbocycles. The number of rotatable bonds is 10. The molecule has 0 spiro atoms. The van der Waals surface area contributed by atoms with E-state index < -0.39 is 29.6 Å². The molecule has 3 N–H and O–H groups in total. The van der Waals surface area contributed by atoms with E-state index in [-0.39, 0.29) is 50.0 Å². The zero-order valence-corrected chi connectivity index (χ0v) is 16.1. The molecule has 0 aromatic carbocycles. The highest BCUT2D eigenvalue weighted by Gasteiger charge is 2.43. The molecule has 27 heavy (non-hydrogen) atoms. The Balaban J connectivity index is 2.18. The quantitative estimate of drug-likeness (QED) is 0.345. The molecule has 0 aromatic heterocycles. The maximum Gasteiger partial charge on any atom is 0.509 e. The highest BCUT2D eigenvalue weighted by molar-refractivity contribution is 8.13. The Morgan fingerprint density at radius 3 is 2.52 bits per heavy atom. The van der Waals surface area contributed by atoms with Gasteiger partial charge in [-0.2, -0.15) is 0 Å². The molecule has 1 saturated heterocycles. The van der Waals surface area contributed by atoms with Crippen LogP contribution in [0.2, 0.25) is 0 Å². The van der Waals surface area contributed by atoms with E-state index >= 15 is 0 Å². The maximum atomic E-state index is 12.1. The summed E-state index contributed by atoms with van der Waals surface area (Å²) in [4.78, 5) is 56.7. The fourth-order valence-corrected chi connectivity index (χ4v) is 2.81. The van der Waals surface area contributed by atoms with Gasteiger partial charge in [-0.15, -0.1) is 0 Å². The number of hydrogen-bond donors (Lipinski definition) is 3. The van der Waals surface area contributed by atoms with Crippen molar-refractivity contribution in [2.24, 2.45) is 5.41 Å². The lowest BCUT2D eigenvalue weighted by Gasteiger charge is -2.35. The van der Waals surface area contributed by atoms with Gasteiger partial charge in [-0.25, -0.2) is 4.79 Å². The van der Waals surface area contributed by atoms with E-state index in [0.717, 1.165) is 11.8 Å². The number of thioether (sulfide) groups is 1. The van der Waals surface area contributed by atoms with Gasteiger partial charge in [0, 0.05) is 37.1 Å². The Labute approximate surface area is 160 Å². The first-order valence-corrected chi connectivity index (χ1v) is 9.35. The second-order valence-electron chi connectivity index (χ2n) is 6.53. The molecule has 1 aliphatic rings. The van der Waals surface area contributed by atoms with Crippen LogP contribution in [0.15, 0.2) is 0 Å². The molecular formula is C16H24N2O8S. The monoisotopic (exact) mass is 404 g/mol. The number of nitrogens with one attached hydrogen (secondary N) is 2. The molecular weight excluding hydrogens is 380 g/mol. The molecule has 2 amide bonds. The Morgan fingerprint density at radius 1 is 1.15 bits per heavy atom. The topological polar surface area (TPSA) is 148 Å². The van der Waals surface area contributed by atoms with Crippen molar-refractivity contribution in [3.8, 4) is 0 Å². The predicted octanol–water partition coefficient (Wildman–Crippen LogP) is 0.295. The molecule has 152 valence electrons. The van der Waals surface area contributed by atoms with Crippen LogP contribution >= 0.6 is 11.8 Å². The Bertz CT molecular complexity index is 593. The third-order valence-electron chi connectivity index (χ3n) is 3.61. The summed E-state index contributed by atoms with van der Waals surface area (Å²) in [6, 6.07) is 0. The van der Waals surface area contributed by atoms with Crippen LogP contribution in [0.3, 0.4) is 0 Å². The van der Waals surface area contributed by atoms with Crippen molar-refractivity contribution in [3.05, 3.63) is 0 Å². The third-order valence-corrected chi connectivity index (χ3v) is 4.54. The summed E-state index contributed by atoms with van der Waals surface area (Å²) in [6.45, 7) is 3.84. The number of carboxylic acids is 1. The number of carbonyl (C=O) groups excluding carboxylic acids is 4. The number of amides is 2. The van der Waals surface area contributed by atoms with Gasteiger partial charge in [0.2, 0.25) is 5.91 Å². The van der Waals surface area contributed by atoms with Crippen molar-refractivity contribution < 1.29 is 38.6 Å². The van der Waals surface area contributed by atoms with E-state index in [4.69, 9.17) is 14.6 Å². The van der Waals surface area contributed by atoms with Crippen LogP contribution in [0.1, 0.15) is 33.1 Å². The summed E-state index contributed by atoms with van der Waals surface area (Å²) in [7, 11) is 0. The van der Waals surface area contributed by atoms with Crippen molar-refractivity contribution in [1.82, 2.24) is 10.6 Å². The first-order chi connectivity index (χ1) is 12.6. The van der Waals surface area contributed by atoms with Gasteiger partial charge in [0.25, 0.3) is 5.91 Å². The molecule has 0 saturated carbocycles. The average molecular weight is 404 g/mol. The minimum Gasteiger partial charge on any atom is -0.481 e. The fourth-order valence-electron chi connectivity index (χ4n) is 2.14. The van der Waals surface area contributed by atoms with Crippen LogP contribution in [0.5, 0.6) is 0 Å². The minimum atomic E-state index is -1.03.